The fourth-order valence-corrected chi connectivity index (χ4v) is 4.13. The van der Waals surface area contributed by atoms with Crippen LogP contribution in [0.5, 0.6) is 0 Å². The second-order valence-corrected chi connectivity index (χ2v) is 8.15. The third-order valence-electron chi connectivity index (χ3n) is 2.95. The second kappa shape index (κ2) is 4.92. The Morgan fingerprint density at radius 2 is 1.62 bits per heavy atom. The Labute approximate surface area is 118 Å². The summed E-state index contributed by atoms with van der Waals surface area (Å²) in [5.74, 6) is -1.66. The number of nitrogens with zero attached hydrogens (tertiary/aromatic N) is 1. The summed E-state index contributed by atoms with van der Waals surface area (Å²) >= 11 is 0. The van der Waals surface area contributed by atoms with E-state index in [1.54, 1.807) is 0 Å². The zero-order valence-electron chi connectivity index (χ0n) is 10.3. The first-order valence-corrected chi connectivity index (χ1v) is 8.51. The summed E-state index contributed by atoms with van der Waals surface area (Å²) in [6.07, 6.45) is 0.591. The van der Waals surface area contributed by atoms with E-state index < -0.39 is 41.0 Å². The predicted octanol–water partition coefficient (Wildman–Crippen LogP) is 1.51. The number of benzene rings is 1. The van der Waals surface area contributed by atoms with Crippen molar-refractivity contribution in [1.82, 2.24) is 4.31 Å². The van der Waals surface area contributed by atoms with Gasteiger partial charge in [-0.05, 0) is 24.6 Å². The lowest BCUT2D eigenvalue weighted by molar-refractivity contribution is -0.0437. The van der Waals surface area contributed by atoms with Gasteiger partial charge in [-0.2, -0.15) is 17.5 Å². The van der Waals surface area contributed by atoms with Crippen LogP contribution in [0.2, 0.25) is 0 Å². The molecule has 1 heterocycles. The molecule has 1 aliphatic rings. The molecule has 0 bridgehead atoms. The van der Waals surface area contributed by atoms with Crippen molar-refractivity contribution < 1.29 is 34.4 Å². The van der Waals surface area contributed by atoms with E-state index in [0.717, 1.165) is 10.4 Å². The summed E-state index contributed by atoms with van der Waals surface area (Å²) in [6, 6.07) is 1.33. The van der Waals surface area contributed by atoms with Crippen molar-refractivity contribution in [3.05, 3.63) is 24.0 Å². The van der Waals surface area contributed by atoms with Gasteiger partial charge in [0.1, 0.15) is 10.7 Å². The van der Waals surface area contributed by atoms with Gasteiger partial charge in [-0.1, -0.05) is 0 Å². The Hall–Kier alpha value is -1.20. The van der Waals surface area contributed by atoms with Gasteiger partial charge < -0.3 is 0 Å². The Morgan fingerprint density at radius 3 is 2.05 bits per heavy atom. The first-order valence-electron chi connectivity index (χ1n) is 5.59. The van der Waals surface area contributed by atoms with Crippen LogP contribution in [0, 0.1) is 5.82 Å². The van der Waals surface area contributed by atoms with Crippen LogP contribution in [0.25, 0.3) is 0 Å². The van der Waals surface area contributed by atoms with Gasteiger partial charge in [0.15, 0.2) is 0 Å². The third kappa shape index (κ3) is 2.64. The number of hydrogen-bond donors (Lipinski definition) is 0. The Morgan fingerprint density at radius 1 is 1.05 bits per heavy atom. The highest BCUT2D eigenvalue weighted by Crippen LogP contribution is 2.33. The Bertz CT molecular complexity index is 767. The van der Waals surface area contributed by atoms with Gasteiger partial charge in [0, 0.05) is 13.1 Å². The van der Waals surface area contributed by atoms with E-state index in [2.05, 4.69) is 0 Å². The van der Waals surface area contributed by atoms with Crippen LogP contribution in [-0.2, 0) is 19.9 Å². The summed E-state index contributed by atoms with van der Waals surface area (Å²) in [7, 11) is -10.1. The summed E-state index contributed by atoms with van der Waals surface area (Å²) in [4.78, 5) is -2.39. The number of sulfonamides is 1. The molecule has 1 fully saturated rings. The number of rotatable bonds is 3. The molecule has 0 N–H and O–H groups in total. The van der Waals surface area contributed by atoms with Crippen molar-refractivity contribution in [2.24, 2.45) is 0 Å². The molecule has 0 spiro atoms. The maximum Gasteiger partial charge on any atom is 0.502 e. The minimum absolute atomic E-state index is 0.182. The average molecular weight is 347 g/mol. The molecule has 5 nitrogen and oxygen atoms in total. The predicted molar refractivity (Wildman–Crippen MR) is 63.0 cm³/mol. The zero-order valence-corrected chi connectivity index (χ0v) is 11.9. The molecule has 1 saturated heterocycles. The van der Waals surface area contributed by atoms with E-state index in [9.17, 15) is 34.4 Å². The topological polar surface area (TPSA) is 71.5 Å². The van der Waals surface area contributed by atoms with Crippen LogP contribution < -0.4 is 0 Å². The van der Waals surface area contributed by atoms with Gasteiger partial charge in [0.2, 0.25) is 10.0 Å². The van der Waals surface area contributed by atoms with Gasteiger partial charge in [-0.25, -0.2) is 21.2 Å². The number of hydrogen-bond acceptors (Lipinski definition) is 4. The molecule has 0 aromatic heterocycles. The summed E-state index contributed by atoms with van der Waals surface area (Å²) in [5.41, 5.74) is -5.72. The van der Waals surface area contributed by atoms with E-state index >= 15 is 0 Å². The third-order valence-corrected chi connectivity index (χ3v) is 6.35. The van der Waals surface area contributed by atoms with Crippen molar-refractivity contribution in [2.75, 3.05) is 13.1 Å². The van der Waals surface area contributed by atoms with Crippen LogP contribution in [0.15, 0.2) is 28.0 Å². The molecule has 0 unspecified atom stereocenters. The Balaban J connectivity index is 2.58. The SMILES string of the molecule is O=S(=O)(c1ccc(F)c(S(=O)(=O)C(F)(F)F)c1)N1CCC1. The van der Waals surface area contributed by atoms with Crippen LogP contribution in [0.3, 0.4) is 0 Å². The second-order valence-electron chi connectivity index (χ2n) is 4.30. The highest BCUT2D eigenvalue weighted by atomic mass is 32.2. The van der Waals surface area contributed by atoms with Crippen molar-refractivity contribution in [2.45, 2.75) is 21.7 Å². The van der Waals surface area contributed by atoms with E-state index in [1.165, 1.54) is 0 Å². The molecule has 0 atom stereocenters. The molecule has 0 aliphatic carbocycles. The molecule has 21 heavy (non-hydrogen) atoms. The molecule has 1 aromatic carbocycles. The van der Waals surface area contributed by atoms with Crippen LogP contribution in [-0.4, -0.2) is 39.7 Å². The van der Waals surface area contributed by atoms with Gasteiger partial charge in [-0.15, -0.1) is 0 Å². The maximum atomic E-state index is 13.4. The molecule has 1 aliphatic heterocycles. The quantitative estimate of drug-likeness (QED) is 0.777. The number of sulfone groups is 1. The first-order chi connectivity index (χ1) is 9.48. The minimum Gasteiger partial charge on any atom is -0.214 e. The van der Waals surface area contributed by atoms with E-state index in [4.69, 9.17) is 0 Å². The summed E-state index contributed by atoms with van der Waals surface area (Å²) < 4.78 is 98.1. The van der Waals surface area contributed by atoms with Crippen LogP contribution >= 0.6 is 0 Å². The fraction of sp³-hybridized carbons (Fsp3) is 0.400. The molecular formula is C10H9F4NO4S2. The minimum atomic E-state index is -5.96. The highest BCUT2D eigenvalue weighted by molar-refractivity contribution is 7.92. The van der Waals surface area contributed by atoms with E-state index in [0.29, 0.717) is 12.5 Å². The van der Waals surface area contributed by atoms with E-state index in [-0.39, 0.29) is 19.2 Å². The van der Waals surface area contributed by atoms with Crippen molar-refractivity contribution in [3.63, 3.8) is 0 Å². The Kier molecular flexibility index (Phi) is 3.79. The lowest BCUT2D eigenvalue weighted by atomic mass is 10.3. The van der Waals surface area contributed by atoms with Crippen molar-refractivity contribution >= 4 is 19.9 Å². The van der Waals surface area contributed by atoms with Crippen LogP contribution in [0.1, 0.15) is 6.42 Å². The maximum absolute atomic E-state index is 13.4. The molecular weight excluding hydrogens is 338 g/mol. The number of alkyl halides is 3. The molecule has 1 aromatic rings. The molecule has 0 amide bonds. The van der Waals surface area contributed by atoms with E-state index in [1.807, 2.05) is 0 Å². The van der Waals surface area contributed by atoms with Crippen molar-refractivity contribution in [1.29, 1.82) is 0 Å². The molecule has 2 rings (SSSR count). The zero-order chi connectivity index (χ0) is 16.1. The average Bonchev–Trinajstić information content (AvgIpc) is 2.24. The highest BCUT2D eigenvalue weighted by Gasteiger charge is 2.48. The molecule has 0 radical (unpaired) electrons. The number of halogens is 4. The van der Waals surface area contributed by atoms with Gasteiger partial charge in [0.25, 0.3) is 9.84 Å². The standard InChI is InChI=1S/C10H9F4NO4S2/c11-8-3-2-7(21(18,19)15-4-1-5-15)6-9(8)20(16,17)10(12,13)14/h2-3,6H,1,4-5H2. The molecule has 11 heteroatoms. The van der Waals surface area contributed by atoms with Gasteiger partial charge >= 0.3 is 5.51 Å². The molecule has 0 saturated carbocycles. The fourth-order valence-electron chi connectivity index (χ4n) is 1.65. The lowest BCUT2D eigenvalue weighted by Gasteiger charge is -2.29. The van der Waals surface area contributed by atoms with Gasteiger partial charge in [-0.3, -0.25) is 0 Å². The first kappa shape index (κ1) is 16.2. The largest absolute Gasteiger partial charge is 0.502 e. The lowest BCUT2D eigenvalue weighted by Crippen LogP contribution is -2.42. The molecule has 118 valence electrons. The van der Waals surface area contributed by atoms with Crippen molar-refractivity contribution in [3.8, 4) is 0 Å². The smallest absolute Gasteiger partial charge is 0.214 e. The monoisotopic (exact) mass is 347 g/mol. The normalized spacial score (nSPS) is 17.5. The summed E-state index contributed by atoms with van der Waals surface area (Å²) in [5, 5.41) is 0. The van der Waals surface area contributed by atoms with Gasteiger partial charge in [0.05, 0.1) is 4.90 Å². The van der Waals surface area contributed by atoms with Crippen LogP contribution in [0.4, 0.5) is 17.6 Å². The summed E-state index contributed by atoms with van der Waals surface area (Å²) in [6.45, 7) is 0.363.